The molecule has 21 heavy (non-hydrogen) atoms. The highest BCUT2D eigenvalue weighted by Crippen LogP contribution is 2.29. The minimum absolute atomic E-state index is 0.0608. The summed E-state index contributed by atoms with van der Waals surface area (Å²) in [6, 6.07) is 0. The highest BCUT2D eigenvalue weighted by Gasteiger charge is 2.36. The van der Waals surface area contributed by atoms with Crippen molar-refractivity contribution in [2.45, 2.75) is 57.1 Å². The molecular formula is C16H26N2O3. The van der Waals surface area contributed by atoms with E-state index in [0.29, 0.717) is 25.9 Å². The molecule has 0 aromatic heterocycles. The number of hydrogen-bond acceptors (Lipinski definition) is 3. The molecule has 1 atom stereocenters. The van der Waals surface area contributed by atoms with E-state index in [2.05, 4.69) is 11.9 Å². The van der Waals surface area contributed by atoms with Gasteiger partial charge in [-0.1, -0.05) is 19.4 Å². The number of carbonyl (C=O) groups is 2. The van der Waals surface area contributed by atoms with Crippen LogP contribution in [0.1, 0.15) is 45.4 Å². The first-order valence-corrected chi connectivity index (χ1v) is 7.87. The Hall–Kier alpha value is -1.36. The molecule has 1 heterocycles. The van der Waals surface area contributed by atoms with Crippen molar-refractivity contribution < 1.29 is 14.7 Å². The minimum Gasteiger partial charge on any atom is -0.383 e. The maximum Gasteiger partial charge on any atom is 0.249 e. The van der Waals surface area contributed by atoms with Crippen LogP contribution in [0.5, 0.6) is 0 Å². The Morgan fingerprint density at radius 3 is 2.43 bits per heavy atom. The van der Waals surface area contributed by atoms with Gasteiger partial charge in [-0.05, 0) is 44.6 Å². The largest absolute Gasteiger partial charge is 0.383 e. The molecule has 0 bridgehead atoms. The molecule has 2 rings (SSSR count). The molecule has 1 saturated heterocycles. The normalized spacial score (nSPS) is 23.6. The van der Waals surface area contributed by atoms with E-state index in [0.717, 1.165) is 25.7 Å². The quantitative estimate of drug-likeness (QED) is 0.766. The first-order chi connectivity index (χ1) is 9.95. The van der Waals surface area contributed by atoms with Gasteiger partial charge in [0, 0.05) is 18.6 Å². The molecule has 5 heteroatoms. The van der Waals surface area contributed by atoms with Gasteiger partial charge < -0.3 is 15.3 Å². The number of nitrogens with one attached hydrogen (secondary N) is 1. The van der Waals surface area contributed by atoms with Gasteiger partial charge in [-0.15, -0.1) is 0 Å². The summed E-state index contributed by atoms with van der Waals surface area (Å²) < 4.78 is 0. The van der Waals surface area contributed by atoms with E-state index in [-0.39, 0.29) is 23.3 Å². The van der Waals surface area contributed by atoms with E-state index < -0.39 is 6.10 Å². The molecule has 0 unspecified atom stereocenters. The van der Waals surface area contributed by atoms with Gasteiger partial charge in [0.15, 0.2) is 0 Å². The summed E-state index contributed by atoms with van der Waals surface area (Å²) in [6.07, 6.45) is 5.92. The fourth-order valence-corrected chi connectivity index (χ4v) is 3.33. The Bertz CT molecular complexity index is 408. The minimum atomic E-state index is -0.892. The Morgan fingerprint density at radius 2 is 1.90 bits per heavy atom. The van der Waals surface area contributed by atoms with Crippen LogP contribution in [0.3, 0.4) is 0 Å². The molecule has 0 radical (unpaired) electrons. The van der Waals surface area contributed by atoms with Crippen LogP contribution in [0, 0.1) is 5.92 Å². The van der Waals surface area contributed by atoms with E-state index in [1.165, 1.54) is 6.08 Å². The zero-order valence-corrected chi connectivity index (χ0v) is 12.8. The number of aliphatic hydroxyl groups excluding tert-OH is 1. The number of nitrogens with zero attached hydrogens (tertiary/aromatic N) is 1. The Morgan fingerprint density at radius 1 is 1.33 bits per heavy atom. The van der Waals surface area contributed by atoms with Crippen molar-refractivity contribution in [1.29, 1.82) is 0 Å². The summed E-state index contributed by atoms with van der Waals surface area (Å²) in [5.41, 5.74) is -0.339. The van der Waals surface area contributed by atoms with Crippen molar-refractivity contribution in [1.82, 2.24) is 10.2 Å². The van der Waals surface area contributed by atoms with Crippen LogP contribution < -0.4 is 5.32 Å². The molecule has 2 fully saturated rings. The summed E-state index contributed by atoms with van der Waals surface area (Å²) in [5, 5.41) is 13.1. The highest BCUT2D eigenvalue weighted by molar-refractivity contribution is 5.87. The lowest BCUT2D eigenvalue weighted by Crippen LogP contribution is -2.56. The average molecular weight is 294 g/mol. The van der Waals surface area contributed by atoms with Gasteiger partial charge in [0.05, 0.1) is 0 Å². The number of rotatable bonds is 4. The van der Waals surface area contributed by atoms with Crippen molar-refractivity contribution in [2.24, 2.45) is 5.92 Å². The van der Waals surface area contributed by atoms with Crippen LogP contribution in [-0.4, -0.2) is 46.6 Å². The Balaban J connectivity index is 1.86. The van der Waals surface area contributed by atoms with E-state index in [1.807, 2.05) is 6.92 Å². The number of piperidine rings is 1. The van der Waals surface area contributed by atoms with Crippen molar-refractivity contribution in [2.75, 3.05) is 13.1 Å². The third kappa shape index (κ3) is 3.84. The van der Waals surface area contributed by atoms with Crippen LogP contribution in [-0.2, 0) is 9.59 Å². The molecule has 1 aliphatic heterocycles. The lowest BCUT2D eigenvalue weighted by Gasteiger charge is -2.40. The molecule has 0 spiro atoms. The summed E-state index contributed by atoms with van der Waals surface area (Å²) in [4.78, 5) is 25.5. The van der Waals surface area contributed by atoms with Crippen LogP contribution in [0.25, 0.3) is 0 Å². The summed E-state index contributed by atoms with van der Waals surface area (Å²) in [5.74, 6) is -0.210. The molecule has 0 aromatic carbocycles. The van der Waals surface area contributed by atoms with Crippen LogP contribution in [0.4, 0.5) is 0 Å². The summed E-state index contributed by atoms with van der Waals surface area (Å²) >= 11 is 0. The molecule has 1 aliphatic carbocycles. The van der Waals surface area contributed by atoms with Gasteiger partial charge in [0.1, 0.15) is 6.10 Å². The Labute approximate surface area is 126 Å². The van der Waals surface area contributed by atoms with E-state index >= 15 is 0 Å². The van der Waals surface area contributed by atoms with Crippen molar-refractivity contribution in [3.05, 3.63) is 12.7 Å². The fraction of sp³-hybridized carbons (Fsp3) is 0.750. The second-order valence-electron chi connectivity index (χ2n) is 6.57. The summed E-state index contributed by atoms with van der Waals surface area (Å²) in [7, 11) is 0. The SMILES string of the molecule is C=CC(=O)N1CCC(C)(NC(=O)[C@H](O)C2CCCC2)CC1. The van der Waals surface area contributed by atoms with Crippen molar-refractivity contribution in [3.63, 3.8) is 0 Å². The zero-order valence-electron chi connectivity index (χ0n) is 12.8. The highest BCUT2D eigenvalue weighted by atomic mass is 16.3. The van der Waals surface area contributed by atoms with E-state index in [9.17, 15) is 14.7 Å². The van der Waals surface area contributed by atoms with Crippen molar-refractivity contribution >= 4 is 11.8 Å². The monoisotopic (exact) mass is 294 g/mol. The Kier molecular flexibility index (Phi) is 5.04. The third-order valence-corrected chi connectivity index (χ3v) is 4.89. The van der Waals surface area contributed by atoms with Gasteiger partial charge in [-0.3, -0.25) is 9.59 Å². The topological polar surface area (TPSA) is 69.6 Å². The van der Waals surface area contributed by atoms with Gasteiger partial charge in [-0.25, -0.2) is 0 Å². The fourth-order valence-electron chi connectivity index (χ4n) is 3.33. The molecule has 5 nitrogen and oxygen atoms in total. The number of carbonyl (C=O) groups excluding carboxylic acids is 2. The average Bonchev–Trinajstić information content (AvgIpc) is 3.00. The molecule has 0 aromatic rings. The predicted octanol–water partition coefficient (Wildman–Crippen LogP) is 1.22. The van der Waals surface area contributed by atoms with Crippen LogP contribution in [0.2, 0.25) is 0 Å². The summed E-state index contributed by atoms with van der Waals surface area (Å²) in [6.45, 7) is 6.71. The second kappa shape index (κ2) is 6.60. The molecular weight excluding hydrogens is 268 g/mol. The van der Waals surface area contributed by atoms with Crippen LogP contribution in [0.15, 0.2) is 12.7 Å². The number of amides is 2. The smallest absolute Gasteiger partial charge is 0.249 e. The molecule has 2 amide bonds. The second-order valence-corrected chi connectivity index (χ2v) is 6.57. The molecule has 2 N–H and O–H groups in total. The van der Waals surface area contributed by atoms with Gasteiger partial charge in [-0.2, -0.15) is 0 Å². The van der Waals surface area contributed by atoms with Crippen LogP contribution >= 0.6 is 0 Å². The maximum absolute atomic E-state index is 12.2. The first-order valence-electron chi connectivity index (χ1n) is 7.87. The molecule has 118 valence electrons. The third-order valence-electron chi connectivity index (χ3n) is 4.89. The zero-order chi connectivity index (χ0) is 15.5. The standard InChI is InChI=1S/C16H26N2O3/c1-3-13(19)18-10-8-16(2,9-11-18)17-15(21)14(20)12-6-4-5-7-12/h3,12,14,20H,1,4-11H2,2H3,(H,17,21)/t14-/m1/s1. The maximum atomic E-state index is 12.2. The van der Waals surface area contributed by atoms with Crippen molar-refractivity contribution in [3.8, 4) is 0 Å². The number of likely N-dealkylation sites (tertiary alicyclic amines) is 1. The van der Waals surface area contributed by atoms with E-state index in [4.69, 9.17) is 0 Å². The number of aliphatic hydroxyl groups is 1. The van der Waals surface area contributed by atoms with Gasteiger partial charge in [0.2, 0.25) is 11.8 Å². The van der Waals surface area contributed by atoms with E-state index in [1.54, 1.807) is 4.90 Å². The predicted molar refractivity (Wildman–Crippen MR) is 80.5 cm³/mol. The lowest BCUT2D eigenvalue weighted by molar-refractivity contribution is -0.135. The van der Waals surface area contributed by atoms with Gasteiger partial charge in [0.25, 0.3) is 0 Å². The lowest BCUT2D eigenvalue weighted by atomic mass is 9.88. The molecule has 1 saturated carbocycles. The first kappa shape index (κ1) is 16.0. The van der Waals surface area contributed by atoms with Gasteiger partial charge >= 0.3 is 0 Å². The molecule has 2 aliphatic rings. The number of hydrogen-bond donors (Lipinski definition) is 2.